The van der Waals surface area contributed by atoms with Gasteiger partial charge in [0.1, 0.15) is 5.75 Å². The lowest BCUT2D eigenvalue weighted by Gasteiger charge is -2.25. The van der Waals surface area contributed by atoms with Crippen LogP contribution in [-0.2, 0) is 9.59 Å². The van der Waals surface area contributed by atoms with Crippen LogP contribution in [0.1, 0.15) is 43.7 Å². The summed E-state index contributed by atoms with van der Waals surface area (Å²) in [5, 5.41) is 23.0. The molecule has 0 saturated heterocycles. The molecule has 188 valence electrons. The van der Waals surface area contributed by atoms with E-state index in [1.165, 1.54) is 24.4 Å². The van der Waals surface area contributed by atoms with Gasteiger partial charge in [-0.15, -0.1) is 10.2 Å². The number of hydrogen-bond donors (Lipinski definition) is 2. The molecule has 4 rings (SSSR count). The van der Waals surface area contributed by atoms with Crippen LogP contribution >= 0.6 is 23.4 Å². The average molecular weight is 528 g/mol. The molecule has 3 aromatic rings. The Morgan fingerprint density at radius 1 is 1.14 bits per heavy atom. The second kappa shape index (κ2) is 12.5. The topological polar surface area (TPSA) is 119 Å². The Morgan fingerprint density at radius 2 is 1.89 bits per heavy atom. The first-order chi connectivity index (χ1) is 17.5. The molecule has 0 radical (unpaired) electrons. The highest BCUT2D eigenvalue weighted by Crippen LogP contribution is 2.35. The summed E-state index contributed by atoms with van der Waals surface area (Å²) in [6, 6.07) is 14.7. The van der Waals surface area contributed by atoms with Gasteiger partial charge in [-0.2, -0.15) is 5.10 Å². The van der Waals surface area contributed by atoms with E-state index in [-0.39, 0.29) is 17.7 Å². The molecule has 1 heterocycles. The monoisotopic (exact) mass is 527 g/mol. The number of rotatable bonds is 10. The number of para-hydroxylation sites is 1. The minimum Gasteiger partial charge on any atom is -0.481 e. The first kappa shape index (κ1) is 25.7. The van der Waals surface area contributed by atoms with Crippen molar-refractivity contribution < 1.29 is 19.4 Å². The molecule has 1 aliphatic carbocycles. The van der Waals surface area contributed by atoms with Gasteiger partial charge < -0.3 is 9.84 Å². The highest BCUT2D eigenvalue weighted by molar-refractivity contribution is 7.99. The normalized spacial score (nSPS) is 14.1. The summed E-state index contributed by atoms with van der Waals surface area (Å²) in [7, 11) is 0. The third-order valence-electron chi connectivity index (χ3n) is 5.70. The average Bonchev–Trinajstić information content (AvgIpc) is 3.32. The number of carbonyl (C=O) groups excluding carboxylic acids is 1. The van der Waals surface area contributed by atoms with E-state index in [1.807, 2.05) is 24.3 Å². The van der Waals surface area contributed by atoms with Crippen LogP contribution in [0.3, 0.4) is 0 Å². The summed E-state index contributed by atoms with van der Waals surface area (Å²) < 4.78 is 7.40. The van der Waals surface area contributed by atoms with Crippen LogP contribution in [0.2, 0.25) is 5.02 Å². The van der Waals surface area contributed by atoms with Crippen LogP contribution in [-0.4, -0.2) is 50.3 Å². The molecule has 0 bridgehead atoms. The maximum absolute atomic E-state index is 12.5. The van der Waals surface area contributed by atoms with Gasteiger partial charge in [0.05, 0.1) is 12.0 Å². The smallest absolute Gasteiger partial charge is 0.341 e. The van der Waals surface area contributed by atoms with E-state index in [2.05, 4.69) is 25.3 Å². The minimum absolute atomic E-state index is 0.111. The van der Waals surface area contributed by atoms with Crippen LogP contribution in [0.15, 0.2) is 58.8 Å². The molecule has 9 nitrogen and oxygen atoms in total. The number of carbonyl (C=O) groups is 2. The molecular weight excluding hydrogens is 502 g/mol. The second-order valence-electron chi connectivity index (χ2n) is 8.28. The third kappa shape index (κ3) is 6.86. The van der Waals surface area contributed by atoms with Crippen molar-refractivity contribution >= 4 is 41.5 Å². The number of thioether (sulfide) groups is 1. The number of nitrogens with one attached hydrogen (secondary N) is 1. The summed E-state index contributed by atoms with van der Waals surface area (Å²) in [5.74, 6) is -0.126. The van der Waals surface area contributed by atoms with Crippen molar-refractivity contribution in [1.82, 2.24) is 20.2 Å². The van der Waals surface area contributed by atoms with Crippen LogP contribution < -0.4 is 10.2 Å². The van der Waals surface area contributed by atoms with Gasteiger partial charge in [0.15, 0.2) is 17.6 Å². The molecule has 0 atom stereocenters. The molecule has 0 unspecified atom stereocenters. The summed E-state index contributed by atoms with van der Waals surface area (Å²) >= 11 is 7.38. The minimum atomic E-state index is -1.08. The van der Waals surface area contributed by atoms with Crippen molar-refractivity contribution in [3.63, 3.8) is 0 Å². The lowest BCUT2D eigenvalue weighted by Crippen LogP contribution is -2.21. The van der Waals surface area contributed by atoms with Crippen molar-refractivity contribution in [2.75, 3.05) is 12.4 Å². The van der Waals surface area contributed by atoms with E-state index in [4.69, 9.17) is 21.4 Å². The second-order valence-corrected chi connectivity index (χ2v) is 9.66. The largest absolute Gasteiger partial charge is 0.481 e. The first-order valence-electron chi connectivity index (χ1n) is 11.6. The van der Waals surface area contributed by atoms with E-state index < -0.39 is 12.6 Å². The molecule has 1 saturated carbocycles. The van der Waals surface area contributed by atoms with Crippen LogP contribution in [0.25, 0.3) is 11.4 Å². The predicted octanol–water partition coefficient (Wildman–Crippen LogP) is 4.81. The molecule has 2 aromatic carbocycles. The van der Waals surface area contributed by atoms with E-state index in [1.54, 1.807) is 24.3 Å². The zero-order chi connectivity index (χ0) is 25.3. The summed E-state index contributed by atoms with van der Waals surface area (Å²) in [5.41, 5.74) is 3.99. The van der Waals surface area contributed by atoms with Gasteiger partial charge in [-0.05, 0) is 49.2 Å². The van der Waals surface area contributed by atoms with Crippen LogP contribution in [0, 0.1) is 0 Å². The van der Waals surface area contributed by atoms with Gasteiger partial charge in [0.2, 0.25) is 0 Å². The Kier molecular flexibility index (Phi) is 8.96. The molecule has 0 spiro atoms. The number of carboxylic acid groups (broad SMARTS) is 1. The van der Waals surface area contributed by atoms with E-state index >= 15 is 0 Å². The van der Waals surface area contributed by atoms with E-state index in [0.717, 1.165) is 37.1 Å². The van der Waals surface area contributed by atoms with E-state index in [0.29, 0.717) is 21.5 Å². The van der Waals surface area contributed by atoms with Gasteiger partial charge >= 0.3 is 5.97 Å². The van der Waals surface area contributed by atoms with Gasteiger partial charge in [0.25, 0.3) is 5.91 Å². The van der Waals surface area contributed by atoms with Gasteiger partial charge in [-0.1, -0.05) is 54.8 Å². The standard InChI is InChI=1S/C25H26ClN5O4S/c26-19-12-10-17(11-13-19)24-29-30-25(31(24)20-7-2-1-3-8-20)36-16-22(32)28-27-14-18-6-4-5-9-21(18)35-15-23(33)34/h4-6,9-14,20H,1-3,7-8,15-16H2,(H,28,32)(H,33,34)/b27-14+. The number of hydrogen-bond acceptors (Lipinski definition) is 7. The number of aliphatic carboxylic acids is 1. The number of benzene rings is 2. The first-order valence-corrected chi connectivity index (χ1v) is 13.0. The zero-order valence-electron chi connectivity index (χ0n) is 19.5. The molecule has 1 fully saturated rings. The van der Waals surface area contributed by atoms with Crippen molar-refractivity contribution in [2.24, 2.45) is 5.10 Å². The Bertz CT molecular complexity index is 1230. The Balaban J connectivity index is 1.42. The van der Waals surface area contributed by atoms with Crippen molar-refractivity contribution in [2.45, 2.75) is 43.3 Å². The fourth-order valence-electron chi connectivity index (χ4n) is 4.03. The number of halogens is 1. The lowest BCUT2D eigenvalue weighted by atomic mass is 9.95. The molecule has 0 aliphatic heterocycles. The Morgan fingerprint density at radius 3 is 2.64 bits per heavy atom. The van der Waals surface area contributed by atoms with Gasteiger partial charge in [0, 0.05) is 22.2 Å². The molecule has 2 N–H and O–H groups in total. The molecular formula is C25H26ClN5O4S. The van der Waals surface area contributed by atoms with Gasteiger partial charge in [-0.25, -0.2) is 10.2 Å². The van der Waals surface area contributed by atoms with Crippen molar-refractivity contribution in [1.29, 1.82) is 0 Å². The zero-order valence-corrected chi connectivity index (χ0v) is 21.0. The molecule has 36 heavy (non-hydrogen) atoms. The highest BCUT2D eigenvalue weighted by Gasteiger charge is 2.24. The summed E-state index contributed by atoms with van der Waals surface area (Å²) in [6.45, 7) is -0.465. The number of nitrogens with zero attached hydrogens (tertiary/aromatic N) is 4. The van der Waals surface area contributed by atoms with Crippen LogP contribution in [0.5, 0.6) is 5.75 Å². The Hall–Kier alpha value is -3.37. The van der Waals surface area contributed by atoms with Crippen LogP contribution in [0.4, 0.5) is 0 Å². The maximum Gasteiger partial charge on any atom is 0.341 e. The van der Waals surface area contributed by atoms with Gasteiger partial charge in [-0.3, -0.25) is 9.36 Å². The number of amides is 1. The third-order valence-corrected chi connectivity index (χ3v) is 6.90. The SMILES string of the molecule is O=C(O)COc1ccccc1/C=N/NC(=O)CSc1nnc(-c2ccc(Cl)cc2)n1C1CCCCC1. The lowest BCUT2D eigenvalue weighted by molar-refractivity contribution is -0.139. The summed E-state index contributed by atoms with van der Waals surface area (Å²) in [6.07, 6.45) is 7.04. The molecule has 1 aromatic heterocycles. The predicted molar refractivity (Wildman–Crippen MR) is 139 cm³/mol. The fraction of sp³-hybridized carbons (Fsp3) is 0.320. The van der Waals surface area contributed by atoms with E-state index in [9.17, 15) is 9.59 Å². The Labute approximate surface area is 217 Å². The van der Waals surface area contributed by atoms with Crippen molar-refractivity contribution in [3.8, 4) is 17.1 Å². The summed E-state index contributed by atoms with van der Waals surface area (Å²) in [4.78, 5) is 23.2. The maximum atomic E-state index is 12.5. The quantitative estimate of drug-likeness (QED) is 0.220. The number of carboxylic acids is 1. The molecule has 1 amide bonds. The number of ether oxygens (including phenoxy) is 1. The fourth-order valence-corrected chi connectivity index (χ4v) is 4.96. The van der Waals surface area contributed by atoms with Crippen molar-refractivity contribution in [3.05, 3.63) is 59.1 Å². The number of aromatic nitrogens is 3. The highest BCUT2D eigenvalue weighted by atomic mass is 35.5. The number of hydrazone groups is 1. The molecule has 1 aliphatic rings. The molecule has 11 heteroatoms.